The van der Waals surface area contributed by atoms with Crippen molar-refractivity contribution >= 4 is 22.8 Å². The van der Waals surface area contributed by atoms with E-state index < -0.39 is 5.97 Å². The molecule has 3 aromatic rings. The molecule has 0 saturated heterocycles. The molecule has 0 spiro atoms. The zero-order valence-corrected chi connectivity index (χ0v) is 16.4. The molecule has 1 aromatic heterocycles. The summed E-state index contributed by atoms with van der Waals surface area (Å²) < 4.78 is 16.0. The smallest absolute Gasteiger partial charge is 0.340 e. The number of nitrogens with one attached hydrogen (secondary N) is 1. The molecule has 0 bridgehead atoms. The van der Waals surface area contributed by atoms with Crippen LogP contribution in [-0.4, -0.2) is 49.1 Å². The third kappa shape index (κ3) is 3.63. The number of aromatic amines is 1. The van der Waals surface area contributed by atoms with Crippen LogP contribution in [-0.2, 0) is 22.5 Å². The number of H-pyrrole nitrogens is 1. The van der Waals surface area contributed by atoms with Gasteiger partial charge < -0.3 is 24.1 Å². The second-order valence-electron chi connectivity index (χ2n) is 6.87. The summed E-state index contributed by atoms with van der Waals surface area (Å²) in [4.78, 5) is 29.7. The van der Waals surface area contributed by atoms with Gasteiger partial charge in [-0.3, -0.25) is 4.79 Å². The van der Waals surface area contributed by atoms with Crippen molar-refractivity contribution in [1.29, 1.82) is 0 Å². The number of aromatic nitrogens is 1. The maximum atomic E-state index is 12.6. The van der Waals surface area contributed by atoms with Crippen LogP contribution in [0.4, 0.5) is 0 Å². The highest BCUT2D eigenvalue weighted by atomic mass is 16.5. The van der Waals surface area contributed by atoms with Crippen LogP contribution >= 0.6 is 0 Å². The second kappa shape index (κ2) is 7.87. The Balaban J connectivity index is 1.41. The minimum Gasteiger partial charge on any atom is -0.493 e. The van der Waals surface area contributed by atoms with Gasteiger partial charge in [-0.1, -0.05) is 18.2 Å². The van der Waals surface area contributed by atoms with Crippen molar-refractivity contribution in [2.24, 2.45) is 0 Å². The first-order valence-electron chi connectivity index (χ1n) is 9.35. The Morgan fingerprint density at radius 3 is 2.55 bits per heavy atom. The molecule has 150 valence electrons. The molecule has 0 aliphatic carbocycles. The van der Waals surface area contributed by atoms with Crippen LogP contribution in [0.2, 0.25) is 0 Å². The van der Waals surface area contributed by atoms with Gasteiger partial charge >= 0.3 is 5.97 Å². The number of ether oxygens (including phenoxy) is 3. The molecule has 1 aliphatic heterocycles. The average molecular weight is 394 g/mol. The van der Waals surface area contributed by atoms with Crippen LogP contribution in [0.25, 0.3) is 10.9 Å². The molecule has 0 radical (unpaired) electrons. The number of nitrogens with zero attached hydrogens (tertiary/aromatic N) is 1. The van der Waals surface area contributed by atoms with E-state index in [2.05, 4.69) is 4.98 Å². The summed E-state index contributed by atoms with van der Waals surface area (Å²) in [7, 11) is 3.19. The van der Waals surface area contributed by atoms with Crippen molar-refractivity contribution in [2.45, 2.75) is 13.0 Å². The van der Waals surface area contributed by atoms with Gasteiger partial charge in [0, 0.05) is 30.2 Å². The molecule has 7 heteroatoms. The Bertz CT molecular complexity index is 1070. The summed E-state index contributed by atoms with van der Waals surface area (Å²) in [5.74, 6) is 0.572. The number of hydrogen-bond acceptors (Lipinski definition) is 5. The predicted molar refractivity (Wildman–Crippen MR) is 107 cm³/mol. The first-order valence-corrected chi connectivity index (χ1v) is 9.35. The highest BCUT2D eigenvalue weighted by Gasteiger charge is 2.24. The molecule has 2 heterocycles. The predicted octanol–water partition coefficient (Wildman–Crippen LogP) is 2.93. The van der Waals surface area contributed by atoms with E-state index in [1.807, 2.05) is 36.4 Å². The standard InChI is InChI=1S/C22H22N2O5/c1-27-19-9-14-7-8-24(12-15(14)10-20(19)28-2)21(25)13-29-22(26)17-11-23-18-6-4-3-5-16(17)18/h3-6,9-11,23H,7-8,12-13H2,1-2H3. The monoisotopic (exact) mass is 394 g/mol. The summed E-state index contributed by atoms with van der Waals surface area (Å²) >= 11 is 0. The van der Waals surface area contributed by atoms with Gasteiger partial charge in [-0.15, -0.1) is 0 Å². The minimum atomic E-state index is -0.514. The summed E-state index contributed by atoms with van der Waals surface area (Å²) in [5, 5.41) is 0.776. The van der Waals surface area contributed by atoms with Crippen LogP contribution in [0.5, 0.6) is 11.5 Å². The second-order valence-corrected chi connectivity index (χ2v) is 6.87. The topological polar surface area (TPSA) is 80.9 Å². The van der Waals surface area contributed by atoms with Crippen LogP contribution in [0, 0.1) is 0 Å². The number of para-hydroxylation sites is 1. The van der Waals surface area contributed by atoms with Crippen molar-refractivity contribution in [1.82, 2.24) is 9.88 Å². The number of rotatable bonds is 5. The highest BCUT2D eigenvalue weighted by Crippen LogP contribution is 2.33. The molecule has 1 aliphatic rings. The third-order valence-corrected chi connectivity index (χ3v) is 5.21. The Morgan fingerprint density at radius 2 is 1.79 bits per heavy atom. The van der Waals surface area contributed by atoms with Crippen molar-refractivity contribution < 1.29 is 23.8 Å². The lowest BCUT2D eigenvalue weighted by atomic mass is 9.99. The number of hydrogen-bond donors (Lipinski definition) is 1. The number of benzene rings is 2. The highest BCUT2D eigenvalue weighted by molar-refractivity contribution is 6.04. The number of amides is 1. The molecular weight excluding hydrogens is 372 g/mol. The van der Waals surface area contributed by atoms with Gasteiger partial charge in [0.2, 0.25) is 0 Å². The maximum absolute atomic E-state index is 12.6. The summed E-state index contributed by atoms with van der Waals surface area (Å²) in [6, 6.07) is 11.3. The Morgan fingerprint density at radius 1 is 1.07 bits per heavy atom. The van der Waals surface area contributed by atoms with E-state index in [0.29, 0.717) is 36.6 Å². The van der Waals surface area contributed by atoms with E-state index in [-0.39, 0.29) is 12.5 Å². The normalized spacial score (nSPS) is 13.1. The largest absolute Gasteiger partial charge is 0.493 e. The van der Waals surface area contributed by atoms with Gasteiger partial charge in [-0.05, 0) is 35.7 Å². The van der Waals surface area contributed by atoms with Crippen LogP contribution in [0.3, 0.4) is 0 Å². The van der Waals surface area contributed by atoms with Crippen LogP contribution in [0.15, 0.2) is 42.6 Å². The van der Waals surface area contributed by atoms with Gasteiger partial charge in [-0.25, -0.2) is 4.79 Å². The van der Waals surface area contributed by atoms with Crippen LogP contribution < -0.4 is 9.47 Å². The molecule has 4 rings (SSSR count). The first kappa shape index (κ1) is 18.9. The van der Waals surface area contributed by atoms with Crippen molar-refractivity contribution in [3.8, 4) is 11.5 Å². The number of carbonyl (C=O) groups excluding carboxylic acids is 2. The van der Waals surface area contributed by atoms with Gasteiger partial charge in [0.15, 0.2) is 18.1 Å². The Labute approximate surface area is 168 Å². The van der Waals surface area contributed by atoms with Gasteiger partial charge in [-0.2, -0.15) is 0 Å². The van der Waals surface area contributed by atoms with E-state index in [1.165, 1.54) is 0 Å². The van der Waals surface area contributed by atoms with E-state index in [1.54, 1.807) is 25.3 Å². The summed E-state index contributed by atoms with van der Waals surface area (Å²) in [6.45, 7) is 0.714. The molecule has 0 fully saturated rings. The first-order chi connectivity index (χ1) is 14.1. The van der Waals surface area contributed by atoms with Gasteiger partial charge in [0.05, 0.1) is 19.8 Å². The fourth-order valence-electron chi connectivity index (χ4n) is 3.63. The lowest BCUT2D eigenvalue weighted by Crippen LogP contribution is -2.38. The fraction of sp³-hybridized carbons (Fsp3) is 0.273. The van der Waals surface area contributed by atoms with E-state index in [4.69, 9.17) is 14.2 Å². The molecule has 7 nitrogen and oxygen atoms in total. The SMILES string of the molecule is COc1cc2c(cc1OC)CN(C(=O)COC(=O)c1c[nH]c3ccccc13)CC2. The van der Waals surface area contributed by atoms with Crippen molar-refractivity contribution in [3.63, 3.8) is 0 Å². The van der Waals surface area contributed by atoms with Crippen molar-refractivity contribution in [2.75, 3.05) is 27.4 Å². The van der Waals surface area contributed by atoms with E-state index in [9.17, 15) is 9.59 Å². The van der Waals surface area contributed by atoms with Crippen molar-refractivity contribution in [3.05, 3.63) is 59.3 Å². The third-order valence-electron chi connectivity index (χ3n) is 5.21. The Kier molecular flexibility index (Phi) is 5.12. The summed E-state index contributed by atoms with van der Waals surface area (Å²) in [6.07, 6.45) is 2.31. The quantitative estimate of drug-likeness (QED) is 0.673. The van der Waals surface area contributed by atoms with Gasteiger partial charge in [0.1, 0.15) is 0 Å². The number of methoxy groups -OCH3 is 2. The molecule has 29 heavy (non-hydrogen) atoms. The number of esters is 1. The lowest BCUT2D eigenvalue weighted by Gasteiger charge is -2.29. The minimum absolute atomic E-state index is 0.223. The molecule has 2 aromatic carbocycles. The molecule has 0 unspecified atom stereocenters. The Hall–Kier alpha value is -3.48. The molecule has 1 N–H and O–H groups in total. The van der Waals surface area contributed by atoms with Gasteiger partial charge in [0.25, 0.3) is 5.91 Å². The zero-order valence-electron chi connectivity index (χ0n) is 16.4. The fourth-order valence-corrected chi connectivity index (χ4v) is 3.63. The van der Waals surface area contributed by atoms with E-state index >= 15 is 0 Å². The van der Waals surface area contributed by atoms with Crippen LogP contribution in [0.1, 0.15) is 21.5 Å². The van der Waals surface area contributed by atoms with E-state index in [0.717, 1.165) is 22.0 Å². The zero-order chi connectivity index (χ0) is 20.4. The summed E-state index contributed by atoms with van der Waals surface area (Å²) in [5.41, 5.74) is 3.41. The number of fused-ring (bicyclic) bond motifs is 2. The molecule has 0 saturated carbocycles. The molecular formula is C22H22N2O5. The lowest BCUT2D eigenvalue weighted by molar-refractivity contribution is -0.135. The maximum Gasteiger partial charge on any atom is 0.340 e. The number of carbonyl (C=O) groups is 2. The molecule has 1 amide bonds. The molecule has 0 atom stereocenters. The average Bonchev–Trinajstić information content (AvgIpc) is 3.20.